The number of ether oxygens (including phenoxy) is 1. The van der Waals surface area contributed by atoms with Crippen LogP contribution in [0.15, 0.2) is 0 Å². The number of nitrogens with one attached hydrogen (secondary N) is 1. The highest BCUT2D eigenvalue weighted by Crippen LogP contribution is 2.23. The monoisotopic (exact) mass is 268 g/mol. The third-order valence-electron chi connectivity index (χ3n) is 4.45. The molecule has 2 rings (SSSR count). The SMILES string of the molecule is COC(=O)C(CCN1CC(C)CCC1C)NC1CC1. The standard InChI is InChI=1S/C15H28N2O2/c1-11-4-5-12(2)17(10-11)9-8-14(15(18)19-3)16-13-6-7-13/h11-14,16H,4-10H2,1-3H3. The van der Waals surface area contributed by atoms with E-state index in [0.717, 1.165) is 18.9 Å². The number of nitrogens with zero attached hydrogens (tertiary/aromatic N) is 1. The molecule has 0 aromatic heterocycles. The van der Waals surface area contributed by atoms with E-state index >= 15 is 0 Å². The van der Waals surface area contributed by atoms with Crippen molar-refractivity contribution in [3.05, 3.63) is 0 Å². The number of rotatable bonds is 6. The van der Waals surface area contributed by atoms with E-state index in [1.54, 1.807) is 0 Å². The summed E-state index contributed by atoms with van der Waals surface area (Å²) in [6, 6.07) is 1.07. The molecule has 1 N–H and O–H groups in total. The minimum Gasteiger partial charge on any atom is -0.468 e. The highest BCUT2D eigenvalue weighted by molar-refractivity contribution is 5.75. The summed E-state index contributed by atoms with van der Waals surface area (Å²) in [5.41, 5.74) is 0. The number of hydrogen-bond donors (Lipinski definition) is 1. The van der Waals surface area contributed by atoms with Gasteiger partial charge < -0.3 is 15.0 Å². The van der Waals surface area contributed by atoms with E-state index in [-0.39, 0.29) is 12.0 Å². The molecule has 1 saturated heterocycles. The second-order valence-electron chi connectivity index (χ2n) is 6.33. The maximum Gasteiger partial charge on any atom is 0.322 e. The fourth-order valence-corrected chi connectivity index (χ4v) is 2.93. The summed E-state index contributed by atoms with van der Waals surface area (Å²) in [5, 5.41) is 3.41. The van der Waals surface area contributed by atoms with Crippen molar-refractivity contribution >= 4 is 5.97 Å². The van der Waals surface area contributed by atoms with Crippen LogP contribution in [0.2, 0.25) is 0 Å². The Balaban J connectivity index is 1.80. The highest BCUT2D eigenvalue weighted by atomic mass is 16.5. The summed E-state index contributed by atoms with van der Waals surface area (Å²) in [6.07, 6.45) is 5.87. The van der Waals surface area contributed by atoms with Gasteiger partial charge in [-0.15, -0.1) is 0 Å². The molecule has 1 aliphatic heterocycles. The first-order chi connectivity index (χ1) is 9.10. The van der Waals surface area contributed by atoms with Gasteiger partial charge in [0.1, 0.15) is 6.04 Å². The van der Waals surface area contributed by atoms with Gasteiger partial charge in [-0.2, -0.15) is 0 Å². The topological polar surface area (TPSA) is 41.6 Å². The van der Waals surface area contributed by atoms with Gasteiger partial charge >= 0.3 is 5.97 Å². The molecule has 2 aliphatic rings. The van der Waals surface area contributed by atoms with Crippen molar-refractivity contribution in [3.63, 3.8) is 0 Å². The van der Waals surface area contributed by atoms with Crippen molar-refractivity contribution < 1.29 is 9.53 Å². The van der Waals surface area contributed by atoms with E-state index in [2.05, 4.69) is 24.1 Å². The largest absolute Gasteiger partial charge is 0.468 e. The predicted octanol–water partition coefficient (Wildman–Crippen LogP) is 1.79. The lowest BCUT2D eigenvalue weighted by Crippen LogP contribution is -2.46. The summed E-state index contributed by atoms with van der Waals surface area (Å²) in [7, 11) is 1.48. The van der Waals surface area contributed by atoms with Gasteiger partial charge in [-0.05, 0) is 44.9 Å². The Bertz CT molecular complexity index is 305. The van der Waals surface area contributed by atoms with Crippen LogP contribution in [0.3, 0.4) is 0 Å². The van der Waals surface area contributed by atoms with Crippen molar-refractivity contribution in [1.29, 1.82) is 0 Å². The Labute approximate surface area is 116 Å². The zero-order chi connectivity index (χ0) is 13.8. The van der Waals surface area contributed by atoms with Gasteiger partial charge in [-0.25, -0.2) is 0 Å². The Kier molecular flexibility index (Phi) is 5.22. The van der Waals surface area contributed by atoms with Crippen LogP contribution in [0.4, 0.5) is 0 Å². The Morgan fingerprint density at radius 2 is 2.05 bits per heavy atom. The van der Waals surface area contributed by atoms with Crippen molar-refractivity contribution in [2.45, 2.75) is 64.1 Å². The van der Waals surface area contributed by atoms with Gasteiger partial charge in [0.15, 0.2) is 0 Å². The molecular formula is C15H28N2O2. The van der Waals surface area contributed by atoms with Crippen LogP contribution >= 0.6 is 0 Å². The van der Waals surface area contributed by atoms with Crippen molar-refractivity contribution in [1.82, 2.24) is 10.2 Å². The van der Waals surface area contributed by atoms with E-state index in [1.807, 2.05) is 0 Å². The summed E-state index contributed by atoms with van der Waals surface area (Å²) in [5.74, 6) is 0.675. The first-order valence-electron chi connectivity index (χ1n) is 7.68. The predicted molar refractivity (Wildman–Crippen MR) is 76.0 cm³/mol. The second kappa shape index (κ2) is 6.71. The smallest absolute Gasteiger partial charge is 0.322 e. The molecule has 4 nitrogen and oxygen atoms in total. The van der Waals surface area contributed by atoms with Gasteiger partial charge in [0, 0.05) is 25.2 Å². The molecule has 0 amide bonds. The van der Waals surface area contributed by atoms with E-state index in [4.69, 9.17) is 4.74 Å². The zero-order valence-electron chi connectivity index (χ0n) is 12.5. The second-order valence-corrected chi connectivity index (χ2v) is 6.33. The highest BCUT2D eigenvalue weighted by Gasteiger charge is 2.30. The van der Waals surface area contributed by atoms with E-state index < -0.39 is 0 Å². The van der Waals surface area contributed by atoms with Crippen molar-refractivity contribution in [3.8, 4) is 0 Å². The average Bonchev–Trinajstić information content (AvgIpc) is 3.21. The molecule has 0 aromatic carbocycles. The lowest BCUT2D eigenvalue weighted by atomic mass is 9.94. The molecule has 1 heterocycles. The number of piperidine rings is 1. The first-order valence-corrected chi connectivity index (χ1v) is 7.68. The molecule has 4 heteroatoms. The fourth-order valence-electron chi connectivity index (χ4n) is 2.93. The van der Waals surface area contributed by atoms with Gasteiger partial charge in [0.2, 0.25) is 0 Å². The molecule has 19 heavy (non-hydrogen) atoms. The molecule has 1 aliphatic carbocycles. The summed E-state index contributed by atoms with van der Waals surface area (Å²) < 4.78 is 4.91. The number of esters is 1. The fraction of sp³-hybridized carbons (Fsp3) is 0.933. The third kappa shape index (κ3) is 4.46. The molecule has 2 fully saturated rings. The van der Waals surface area contributed by atoms with Crippen molar-refractivity contribution in [2.75, 3.05) is 20.2 Å². The number of carbonyl (C=O) groups excluding carboxylic acids is 1. The lowest BCUT2D eigenvalue weighted by molar-refractivity contribution is -0.143. The zero-order valence-corrected chi connectivity index (χ0v) is 12.5. The van der Waals surface area contributed by atoms with Gasteiger partial charge in [-0.3, -0.25) is 4.79 Å². The molecule has 1 saturated carbocycles. The molecule has 0 spiro atoms. The van der Waals surface area contributed by atoms with Crippen LogP contribution in [-0.4, -0.2) is 49.2 Å². The maximum atomic E-state index is 11.8. The minimum atomic E-state index is -0.123. The van der Waals surface area contributed by atoms with Gasteiger partial charge in [0.05, 0.1) is 7.11 Å². The van der Waals surface area contributed by atoms with Crippen LogP contribution in [0.1, 0.15) is 46.0 Å². The molecule has 3 unspecified atom stereocenters. The quantitative estimate of drug-likeness (QED) is 0.746. The molecular weight excluding hydrogens is 240 g/mol. The summed E-state index contributed by atoms with van der Waals surface area (Å²) >= 11 is 0. The van der Waals surface area contributed by atoms with Crippen LogP contribution in [0.25, 0.3) is 0 Å². The average molecular weight is 268 g/mol. The number of likely N-dealkylation sites (tertiary alicyclic amines) is 1. The van der Waals surface area contributed by atoms with Crippen LogP contribution < -0.4 is 5.32 Å². The summed E-state index contributed by atoms with van der Waals surface area (Å²) in [6.45, 7) is 6.77. The normalized spacial score (nSPS) is 30.1. The van der Waals surface area contributed by atoms with Gasteiger partial charge in [-0.1, -0.05) is 6.92 Å². The minimum absolute atomic E-state index is 0.107. The number of methoxy groups -OCH3 is 1. The Morgan fingerprint density at radius 1 is 1.32 bits per heavy atom. The van der Waals surface area contributed by atoms with E-state index in [1.165, 1.54) is 39.3 Å². The van der Waals surface area contributed by atoms with Crippen molar-refractivity contribution in [2.24, 2.45) is 5.92 Å². The van der Waals surface area contributed by atoms with Crippen LogP contribution in [0, 0.1) is 5.92 Å². The van der Waals surface area contributed by atoms with Crippen LogP contribution in [-0.2, 0) is 9.53 Å². The van der Waals surface area contributed by atoms with Gasteiger partial charge in [0.25, 0.3) is 0 Å². The molecule has 3 atom stereocenters. The van der Waals surface area contributed by atoms with E-state index in [9.17, 15) is 4.79 Å². The summed E-state index contributed by atoms with van der Waals surface area (Å²) in [4.78, 5) is 14.3. The number of hydrogen-bond acceptors (Lipinski definition) is 4. The third-order valence-corrected chi connectivity index (χ3v) is 4.45. The lowest BCUT2D eigenvalue weighted by Gasteiger charge is -2.37. The van der Waals surface area contributed by atoms with Crippen LogP contribution in [0.5, 0.6) is 0 Å². The van der Waals surface area contributed by atoms with E-state index in [0.29, 0.717) is 12.1 Å². The Morgan fingerprint density at radius 3 is 2.68 bits per heavy atom. The molecule has 0 radical (unpaired) electrons. The number of carbonyl (C=O) groups is 1. The molecule has 0 bridgehead atoms. The molecule has 110 valence electrons. The molecule has 0 aromatic rings. The first kappa shape index (κ1) is 14.8. The Hall–Kier alpha value is -0.610. The maximum absolute atomic E-state index is 11.8.